The van der Waals surface area contributed by atoms with E-state index in [1.54, 1.807) is 0 Å². The van der Waals surface area contributed by atoms with E-state index in [-0.39, 0.29) is 23.8 Å². The summed E-state index contributed by atoms with van der Waals surface area (Å²) in [7, 11) is 0. The molecule has 5 heteroatoms. The number of aryl methyl sites for hydroxylation is 1. The van der Waals surface area contributed by atoms with E-state index < -0.39 is 12.0 Å². The van der Waals surface area contributed by atoms with Crippen molar-refractivity contribution in [3.63, 3.8) is 0 Å². The second kappa shape index (κ2) is 8.60. The Balaban J connectivity index is 1.72. The molecule has 2 aliphatic rings. The number of anilines is 2. The highest BCUT2D eigenvalue weighted by Gasteiger charge is 2.61. The quantitative estimate of drug-likeness (QED) is 0.614. The van der Waals surface area contributed by atoms with Gasteiger partial charge < -0.3 is 0 Å². The van der Waals surface area contributed by atoms with Gasteiger partial charge in [-0.15, -0.1) is 0 Å². The zero-order valence-corrected chi connectivity index (χ0v) is 18.0. The van der Waals surface area contributed by atoms with E-state index in [0.717, 1.165) is 36.9 Å². The van der Waals surface area contributed by atoms with E-state index in [1.807, 2.05) is 66.6 Å². The van der Waals surface area contributed by atoms with Crippen molar-refractivity contribution in [2.75, 3.05) is 9.96 Å². The maximum Gasteiger partial charge on any atom is 0.266 e. The molecule has 0 radical (unpaired) electrons. The van der Waals surface area contributed by atoms with Gasteiger partial charge in [0.05, 0.1) is 23.3 Å². The molecule has 2 aliphatic heterocycles. The fraction of sp³-hybridized carbons (Fsp3) is 0.440. The maximum atomic E-state index is 13.6. The predicted molar refractivity (Wildman–Crippen MR) is 118 cm³/mol. The SMILES string of the molecule is CCCC[C@H](CC)[C@H]1[C@H]2C(=O)N(c3cccc(C)c3)C(=O)[C@H]2ON1c1ccccc1. The molecule has 0 unspecified atom stereocenters. The number of amides is 2. The topological polar surface area (TPSA) is 49.9 Å². The second-order valence-electron chi connectivity index (χ2n) is 8.37. The molecule has 4 atom stereocenters. The first-order valence-electron chi connectivity index (χ1n) is 11.0. The number of benzene rings is 2. The molecule has 5 nitrogen and oxygen atoms in total. The molecule has 0 saturated carbocycles. The van der Waals surface area contributed by atoms with E-state index in [9.17, 15) is 9.59 Å². The third kappa shape index (κ3) is 3.52. The van der Waals surface area contributed by atoms with Gasteiger partial charge in [-0.25, -0.2) is 9.96 Å². The average molecular weight is 407 g/mol. The van der Waals surface area contributed by atoms with E-state index >= 15 is 0 Å². The summed E-state index contributed by atoms with van der Waals surface area (Å²) >= 11 is 0. The van der Waals surface area contributed by atoms with Crippen LogP contribution in [-0.4, -0.2) is 24.0 Å². The molecule has 30 heavy (non-hydrogen) atoms. The molecule has 158 valence electrons. The molecule has 0 aromatic heterocycles. The summed E-state index contributed by atoms with van der Waals surface area (Å²) in [5, 5.41) is 1.85. The number of hydrogen-bond acceptors (Lipinski definition) is 4. The van der Waals surface area contributed by atoms with E-state index in [0.29, 0.717) is 5.69 Å². The van der Waals surface area contributed by atoms with Gasteiger partial charge in [0.1, 0.15) is 0 Å². The standard InChI is InChI=1S/C25H30N2O3/c1-4-6-12-18(5-2)22-21-23(30-27(22)19-13-8-7-9-14-19)25(29)26(24(21)28)20-15-10-11-17(3)16-20/h7-11,13-16,18,21-23H,4-6,12H2,1-3H3/t18-,21+,22-,23-/m0/s1. The summed E-state index contributed by atoms with van der Waals surface area (Å²) in [6.07, 6.45) is 3.38. The number of carbonyl (C=O) groups is 2. The van der Waals surface area contributed by atoms with Crippen molar-refractivity contribution in [1.29, 1.82) is 0 Å². The number of hydrogen-bond donors (Lipinski definition) is 0. The molecule has 0 spiro atoms. The Morgan fingerprint density at radius 2 is 1.70 bits per heavy atom. The summed E-state index contributed by atoms with van der Waals surface area (Å²) in [5.74, 6) is -0.618. The number of fused-ring (bicyclic) bond motifs is 1. The lowest BCUT2D eigenvalue weighted by atomic mass is 9.82. The maximum absolute atomic E-state index is 13.6. The largest absolute Gasteiger partial charge is 0.273 e. The van der Waals surface area contributed by atoms with Crippen LogP contribution in [0.15, 0.2) is 54.6 Å². The van der Waals surface area contributed by atoms with Crippen molar-refractivity contribution in [2.24, 2.45) is 11.8 Å². The molecule has 0 bridgehead atoms. The van der Waals surface area contributed by atoms with Crippen LogP contribution in [0.5, 0.6) is 0 Å². The highest BCUT2D eigenvalue weighted by Crippen LogP contribution is 2.44. The lowest BCUT2D eigenvalue weighted by Gasteiger charge is -2.33. The third-order valence-corrected chi connectivity index (χ3v) is 6.37. The molecule has 2 heterocycles. The minimum absolute atomic E-state index is 0.144. The van der Waals surface area contributed by atoms with Gasteiger partial charge in [-0.2, -0.15) is 0 Å². The van der Waals surface area contributed by atoms with Crippen LogP contribution in [-0.2, 0) is 14.4 Å². The Morgan fingerprint density at radius 3 is 2.37 bits per heavy atom. The van der Waals surface area contributed by atoms with E-state index in [2.05, 4.69) is 13.8 Å². The number of para-hydroxylation sites is 1. The van der Waals surface area contributed by atoms with Crippen LogP contribution < -0.4 is 9.96 Å². The molecule has 4 rings (SSSR count). The number of nitrogens with zero attached hydrogens (tertiary/aromatic N) is 2. The highest BCUT2D eigenvalue weighted by molar-refractivity contribution is 6.23. The van der Waals surface area contributed by atoms with Gasteiger partial charge in [-0.1, -0.05) is 63.4 Å². The second-order valence-corrected chi connectivity index (χ2v) is 8.37. The van der Waals surface area contributed by atoms with Crippen LogP contribution in [0.4, 0.5) is 11.4 Å². The molecule has 2 aromatic carbocycles. The van der Waals surface area contributed by atoms with Gasteiger partial charge in [-0.05, 0) is 49.1 Å². The highest BCUT2D eigenvalue weighted by atomic mass is 16.7. The summed E-state index contributed by atoms with van der Waals surface area (Å²) in [6, 6.07) is 17.2. The van der Waals surface area contributed by atoms with Gasteiger partial charge >= 0.3 is 0 Å². The van der Waals surface area contributed by atoms with Gasteiger partial charge in [0.25, 0.3) is 5.91 Å². The molecule has 2 saturated heterocycles. The first-order chi connectivity index (χ1) is 14.6. The van der Waals surface area contributed by atoms with Gasteiger partial charge in [0, 0.05) is 0 Å². The molecule has 0 aliphatic carbocycles. The fourth-order valence-electron chi connectivity index (χ4n) is 4.84. The van der Waals surface area contributed by atoms with E-state index in [1.165, 1.54) is 4.90 Å². The molecule has 2 amide bonds. The van der Waals surface area contributed by atoms with Crippen LogP contribution in [0.25, 0.3) is 0 Å². The summed E-state index contributed by atoms with van der Waals surface area (Å²) in [5.41, 5.74) is 2.55. The number of hydroxylamine groups is 1. The Kier molecular flexibility index (Phi) is 5.91. The van der Waals surface area contributed by atoms with Crippen LogP contribution in [0.1, 0.15) is 45.1 Å². The first-order valence-corrected chi connectivity index (χ1v) is 11.0. The van der Waals surface area contributed by atoms with Crippen molar-refractivity contribution in [1.82, 2.24) is 0 Å². The van der Waals surface area contributed by atoms with Crippen molar-refractivity contribution in [2.45, 2.75) is 58.6 Å². The molecular weight excluding hydrogens is 376 g/mol. The van der Waals surface area contributed by atoms with Crippen molar-refractivity contribution in [3.8, 4) is 0 Å². The fourth-order valence-corrected chi connectivity index (χ4v) is 4.84. The van der Waals surface area contributed by atoms with Crippen LogP contribution in [0.3, 0.4) is 0 Å². The molecule has 2 aromatic rings. The lowest BCUT2D eigenvalue weighted by molar-refractivity contribution is -0.126. The Bertz CT molecular complexity index is 914. The monoisotopic (exact) mass is 406 g/mol. The number of unbranched alkanes of at least 4 members (excludes halogenated alkanes) is 1. The Labute approximate surface area is 178 Å². The number of carbonyl (C=O) groups excluding carboxylic acids is 2. The Morgan fingerprint density at radius 1 is 0.967 bits per heavy atom. The predicted octanol–water partition coefficient (Wildman–Crippen LogP) is 4.89. The molecular formula is C25H30N2O3. The first kappa shape index (κ1) is 20.6. The van der Waals surface area contributed by atoms with Crippen molar-refractivity contribution >= 4 is 23.2 Å². The summed E-state index contributed by atoms with van der Waals surface area (Å²) < 4.78 is 0. The van der Waals surface area contributed by atoms with E-state index in [4.69, 9.17) is 4.84 Å². The lowest BCUT2D eigenvalue weighted by Crippen LogP contribution is -2.44. The van der Waals surface area contributed by atoms with Gasteiger partial charge in [0.2, 0.25) is 5.91 Å². The van der Waals surface area contributed by atoms with Crippen molar-refractivity contribution < 1.29 is 14.4 Å². The molecule has 0 N–H and O–H groups in total. The minimum atomic E-state index is -0.765. The van der Waals surface area contributed by atoms with Crippen LogP contribution in [0, 0.1) is 18.8 Å². The number of imide groups is 1. The van der Waals surface area contributed by atoms with Crippen molar-refractivity contribution in [3.05, 3.63) is 60.2 Å². The minimum Gasteiger partial charge on any atom is -0.273 e. The molecule has 2 fully saturated rings. The zero-order valence-electron chi connectivity index (χ0n) is 18.0. The Hall–Kier alpha value is -2.66. The zero-order chi connectivity index (χ0) is 21.3. The average Bonchev–Trinajstić information content (AvgIpc) is 3.26. The summed E-state index contributed by atoms with van der Waals surface area (Å²) in [6.45, 7) is 6.30. The third-order valence-electron chi connectivity index (χ3n) is 6.37. The smallest absolute Gasteiger partial charge is 0.266 e. The summed E-state index contributed by atoms with van der Waals surface area (Å²) in [4.78, 5) is 34.5. The normalized spacial score (nSPS) is 24.4. The van der Waals surface area contributed by atoms with Gasteiger partial charge in [-0.3, -0.25) is 14.4 Å². The van der Waals surface area contributed by atoms with Crippen LogP contribution in [0.2, 0.25) is 0 Å². The van der Waals surface area contributed by atoms with Crippen LogP contribution >= 0.6 is 0 Å². The van der Waals surface area contributed by atoms with Gasteiger partial charge in [0.15, 0.2) is 6.10 Å². The number of rotatable bonds is 7.